The summed E-state index contributed by atoms with van der Waals surface area (Å²) in [6, 6.07) is 0. The maximum absolute atomic E-state index is 7.14. The predicted octanol–water partition coefficient (Wildman–Crippen LogP) is 2.24. The number of alkyl halides is 1. The van der Waals surface area contributed by atoms with E-state index in [0.717, 1.165) is 5.71 Å². The average molecular weight is 211 g/mol. The first-order valence-electron chi connectivity index (χ1n) is 2.19. The zero-order valence-electron chi connectivity index (χ0n) is 4.88. The Morgan fingerprint density at radius 2 is 1.71 bits per heavy atom. The molecule has 0 aliphatic rings. The Kier molecular flexibility index (Phi) is 2.23. The fourth-order valence-corrected chi connectivity index (χ4v) is 0. The minimum Gasteiger partial charge on any atom is -0.309 e. The summed E-state index contributed by atoms with van der Waals surface area (Å²) in [5, 5.41) is 7.14. The molecule has 0 aromatic carbocycles. The second kappa shape index (κ2) is 2.11. The topological polar surface area (TPSA) is 23.9 Å². The van der Waals surface area contributed by atoms with Crippen molar-refractivity contribution in [1.82, 2.24) is 0 Å². The summed E-state index contributed by atoms with van der Waals surface area (Å²) < 4.78 is 0.0533. The molecule has 0 fully saturated rings. The molecule has 0 heterocycles. The van der Waals surface area contributed by atoms with Gasteiger partial charge in [-0.25, -0.2) is 0 Å². The standard InChI is InChI=1S/C5H10IN/c1-4(7)5(2,3)6/h7H,1-3H3. The summed E-state index contributed by atoms with van der Waals surface area (Å²) in [4.78, 5) is 0. The summed E-state index contributed by atoms with van der Waals surface area (Å²) in [6.07, 6.45) is 0. The van der Waals surface area contributed by atoms with Crippen LogP contribution in [0.5, 0.6) is 0 Å². The number of rotatable bonds is 1. The van der Waals surface area contributed by atoms with Gasteiger partial charge in [-0.1, -0.05) is 22.6 Å². The Morgan fingerprint density at radius 1 is 1.57 bits per heavy atom. The molecule has 42 valence electrons. The average Bonchev–Trinajstić information content (AvgIpc) is 1.31. The fourth-order valence-electron chi connectivity index (χ4n) is 0. The molecule has 0 aromatic rings. The van der Waals surface area contributed by atoms with Gasteiger partial charge in [0.1, 0.15) is 0 Å². The quantitative estimate of drug-likeness (QED) is 0.390. The number of nitrogens with one attached hydrogen (secondary N) is 1. The van der Waals surface area contributed by atoms with Crippen LogP contribution in [0.15, 0.2) is 0 Å². The molecule has 0 aliphatic heterocycles. The Hall–Kier alpha value is 0.400. The van der Waals surface area contributed by atoms with E-state index in [4.69, 9.17) is 5.41 Å². The van der Waals surface area contributed by atoms with Crippen molar-refractivity contribution < 1.29 is 0 Å². The third-order valence-corrected chi connectivity index (χ3v) is 1.70. The van der Waals surface area contributed by atoms with E-state index in [2.05, 4.69) is 22.6 Å². The van der Waals surface area contributed by atoms with Crippen LogP contribution in [-0.4, -0.2) is 9.13 Å². The second-order valence-electron chi connectivity index (χ2n) is 2.10. The molecule has 1 nitrogen and oxygen atoms in total. The van der Waals surface area contributed by atoms with Gasteiger partial charge in [-0.05, 0) is 20.8 Å². The molecular formula is C5H10IN. The van der Waals surface area contributed by atoms with Crippen molar-refractivity contribution in [3.8, 4) is 0 Å². The van der Waals surface area contributed by atoms with Crippen molar-refractivity contribution in [1.29, 1.82) is 5.41 Å². The minimum atomic E-state index is 0.0533. The molecule has 0 aliphatic carbocycles. The van der Waals surface area contributed by atoms with Crippen molar-refractivity contribution in [3.05, 3.63) is 0 Å². The Balaban J connectivity index is 3.79. The first kappa shape index (κ1) is 7.40. The molecule has 0 spiro atoms. The second-order valence-corrected chi connectivity index (χ2v) is 4.79. The van der Waals surface area contributed by atoms with E-state index in [9.17, 15) is 0 Å². The van der Waals surface area contributed by atoms with E-state index in [-0.39, 0.29) is 3.42 Å². The molecule has 0 saturated heterocycles. The van der Waals surface area contributed by atoms with Crippen LogP contribution in [0.3, 0.4) is 0 Å². The summed E-state index contributed by atoms with van der Waals surface area (Å²) >= 11 is 2.24. The maximum Gasteiger partial charge on any atom is 0.0537 e. The normalized spacial score (nSPS) is 11.4. The molecule has 2 heteroatoms. The van der Waals surface area contributed by atoms with Gasteiger partial charge in [0.05, 0.1) is 3.42 Å². The number of halogens is 1. The Morgan fingerprint density at radius 3 is 1.71 bits per heavy atom. The van der Waals surface area contributed by atoms with Gasteiger partial charge >= 0.3 is 0 Å². The molecule has 7 heavy (non-hydrogen) atoms. The third kappa shape index (κ3) is 3.02. The smallest absolute Gasteiger partial charge is 0.0537 e. The molecule has 0 atom stereocenters. The van der Waals surface area contributed by atoms with E-state index in [1.165, 1.54) is 0 Å². The highest BCUT2D eigenvalue weighted by atomic mass is 127. The first-order chi connectivity index (χ1) is 2.94. The molecule has 0 radical (unpaired) electrons. The van der Waals surface area contributed by atoms with E-state index in [1.807, 2.05) is 20.8 Å². The highest BCUT2D eigenvalue weighted by Crippen LogP contribution is 2.16. The lowest BCUT2D eigenvalue weighted by Gasteiger charge is -2.12. The summed E-state index contributed by atoms with van der Waals surface area (Å²) in [5.41, 5.74) is 0.730. The minimum absolute atomic E-state index is 0.0533. The van der Waals surface area contributed by atoms with Crippen LogP contribution in [0.1, 0.15) is 20.8 Å². The summed E-state index contributed by atoms with van der Waals surface area (Å²) in [7, 11) is 0. The van der Waals surface area contributed by atoms with Crippen molar-refractivity contribution >= 4 is 28.3 Å². The number of hydrogen-bond acceptors (Lipinski definition) is 1. The van der Waals surface area contributed by atoms with Gasteiger partial charge in [0.25, 0.3) is 0 Å². The van der Waals surface area contributed by atoms with Gasteiger partial charge in [-0.3, -0.25) is 0 Å². The molecule has 0 saturated carbocycles. The van der Waals surface area contributed by atoms with Crippen LogP contribution in [0.25, 0.3) is 0 Å². The van der Waals surface area contributed by atoms with E-state index < -0.39 is 0 Å². The zero-order chi connectivity index (χ0) is 6.08. The third-order valence-electron chi connectivity index (χ3n) is 0.892. The van der Waals surface area contributed by atoms with Gasteiger partial charge < -0.3 is 5.41 Å². The summed E-state index contributed by atoms with van der Waals surface area (Å²) in [5.74, 6) is 0. The van der Waals surface area contributed by atoms with Crippen LogP contribution in [-0.2, 0) is 0 Å². The zero-order valence-corrected chi connectivity index (χ0v) is 7.04. The predicted molar refractivity (Wildman–Crippen MR) is 41.5 cm³/mol. The molecule has 0 bridgehead atoms. The monoisotopic (exact) mass is 211 g/mol. The van der Waals surface area contributed by atoms with E-state index in [1.54, 1.807) is 0 Å². The van der Waals surface area contributed by atoms with Crippen LogP contribution in [0.4, 0.5) is 0 Å². The largest absolute Gasteiger partial charge is 0.309 e. The fraction of sp³-hybridized carbons (Fsp3) is 0.800. The van der Waals surface area contributed by atoms with Gasteiger partial charge in [0, 0.05) is 5.71 Å². The highest BCUT2D eigenvalue weighted by Gasteiger charge is 2.13. The molecule has 0 rings (SSSR count). The van der Waals surface area contributed by atoms with Crippen LogP contribution in [0.2, 0.25) is 0 Å². The van der Waals surface area contributed by atoms with Crippen molar-refractivity contribution in [2.24, 2.45) is 0 Å². The van der Waals surface area contributed by atoms with Gasteiger partial charge in [0.15, 0.2) is 0 Å². The van der Waals surface area contributed by atoms with Crippen molar-refractivity contribution in [2.45, 2.75) is 24.2 Å². The summed E-state index contributed by atoms with van der Waals surface area (Å²) in [6.45, 7) is 5.87. The van der Waals surface area contributed by atoms with Gasteiger partial charge in [0.2, 0.25) is 0 Å². The molecule has 0 amide bonds. The van der Waals surface area contributed by atoms with E-state index >= 15 is 0 Å². The lowest BCUT2D eigenvalue weighted by Crippen LogP contribution is -2.18. The van der Waals surface area contributed by atoms with Crippen LogP contribution < -0.4 is 0 Å². The number of hydrogen-bond donors (Lipinski definition) is 1. The highest BCUT2D eigenvalue weighted by molar-refractivity contribution is 14.1. The lowest BCUT2D eigenvalue weighted by molar-refractivity contribution is 0.978. The molecular weight excluding hydrogens is 201 g/mol. The van der Waals surface area contributed by atoms with Crippen molar-refractivity contribution in [2.75, 3.05) is 0 Å². The Labute approximate surface area is 58.1 Å². The van der Waals surface area contributed by atoms with Crippen LogP contribution >= 0.6 is 22.6 Å². The van der Waals surface area contributed by atoms with Crippen LogP contribution in [0, 0.1) is 5.41 Å². The SMILES string of the molecule is CC(=N)C(C)(C)I. The van der Waals surface area contributed by atoms with Gasteiger partial charge in [-0.15, -0.1) is 0 Å². The molecule has 0 aromatic heterocycles. The Bertz CT molecular complexity index is 80.6. The maximum atomic E-state index is 7.14. The van der Waals surface area contributed by atoms with Crippen molar-refractivity contribution in [3.63, 3.8) is 0 Å². The lowest BCUT2D eigenvalue weighted by atomic mass is 10.1. The molecule has 1 N–H and O–H groups in total. The first-order valence-corrected chi connectivity index (χ1v) is 3.27. The van der Waals surface area contributed by atoms with E-state index in [0.29, 0.717) is 0 Å². The van der Waals surface area contributed by atoms with Gasteiger partial charge in [-0.2, -0.15) is 0 Å². The molecule has 0 unspecified atom stereocenters.